The van der Waals surface area contributed by atoms with E-state index in [1.54, 1.807) is 38.1 Å². The molecule has 0 bridgehead atoms. The van der Waals surface area contributed by atoms with Gasteiger partial charge in [-0.25, -0.2) is 8.42 Å². The summed E-state index contributed by atoms with van der Waals surface area (Å²) in [4.78, 5) is 0.172. The molecule has 21 heavy (non-hydrogen) atoms. The molecule has 2 aromatic carbocycles. The number of phenols is 1. The van der Waals surface area contributed by atoms with Crippen molar-refractivity contribution in [3.8, 4) is 5.75 Å². The number of sulfonamides is 1. The molecule has 2 aromatic rings. The highest BCUT2D eigenvalue weighted by Gasteiger charge is 2.24. The highest BCUT2D eigenvalue weighted by molar-refractivity contribution is 7.92. The Bertz CT molecular complexity index is 786. The fourth-order valence-electron chi connectivity index (χ4n) is 2.10. The number of hydrogen-bond donors (Lipinski definition) is 2. The normalized spacial score (nSPS) is 11.4. The van der Waals surface area contributed by atoms with Crippen LogP contribution < -0.4 is 10.0 Å². The summed E-state index contributed by atoms with van der Waals surface area (Å²) >= 11 is 0. The lowest BCUT2D eigenvalue weighted by molar-refractivity contribution is 0.475. The lowest BCUT2D eigenvalue weighted by atomic mass is 10.1. The van der Waals surface area contributed by atoms with Crippen LogP contribution in [0.15, 0.2) is 41.3 Å². The SMILES string of the molecule is Cc1cc(N)c(C)c(S(=O)(=O)N(C)c2cccc(O)c2)c1. The van der Waals surface area contributed by atoms with E-state index in [0.29, 0.717) is 16.9 Å². The molecule has 0 saturated heterocycles. The van der Waals surface area contributed by atoms with Crippen LogP contribution in [0.3, 0.4) is 0 Å². The van der Waals surface area contributed by atoms with Crippen LogP contribution >= 0.6 is 0 Å². The predicted octanol–water partition coefficient (Wildman–Crippen LogP) is 2.42. The average Bonchev–Trinajstić information content (AvgIpc) is 2.41. The maximum absolute atomic E-state index is 12.8. The van der Waals surface area contributed by atoms with E-state index in [9.17, 15) is 13.5 Å². The summed E-state index contributed by atoms with van der Waals surface area (Å²) < 4.78 is 26.6. The van der Waals surface area contributed by atoms with Gasteiger partial charge in [-0.2, -0.15) is 0 Å². The minimum absolute atomic E-state index is 0.00929. The molecule has 0 fully saturated rings. The van der Waals surface area contributed by atoms with E-state index in [2.05, 4.69) is 0 Å². The van der Waals surface area contributed by atoms with E-state index in [-0.39, 0.29) is 10.6 Å². The second kappa shape index (κ2) is 5.29. The molecule has 6 heteroatoms. The van der Waals surface area contributed by atoms with Crippen LogP contribution in [-0.2, 0) is 10.0 Å². The highest BCUT2D eigenvalue weighted by Crippen LogP contribution is 2.29. The topological polar surface area (TPSA) is 83.6 Å². The van der Waals surface area contributed by atoms with Crippen molar-refractivity contribution in [1.29, 1.82) is 0 Å². The van der Waals surface area contributed by atoms with Gasteiger partial charge >= 0.3 is 0 Å². The van der Waals surface area contributed by atoms with Crippen molar-refractivity contribution >= 4 is 21.4 Å². The zero-order valence-corrected chi connectivity index (χ0v) is 13.0. The predicted molar refractivity (Wildman–Crippen MR) is 84.0 cm³/mol. The number of nitrogen functional groups attached to an aromatic ring is 1. The van der Waals surface area contributed by atoms with Gasteiger partial charge in [-0.1, -0.05) is 6.07 Å². The van der Waals surface area contributed by atoms with Gasteiger partial charge in [0.2, 0.25) is 0 Å². The minimum Gasteiger partial charge on any atom is -0.508 e. The van der Waals surface area contributed by atoms with E-state index in [1.165, 1.54) is 19.2 Å². The van der Waals surface area contributed by atoms with Crippen molar-refractivity contribution in [3.05, 3.63) is 47.5 Å². The highest BCUT2D eigenvalue weighted by atomic mass is 32.2. The lowest BCUT2D eigenvalue weighted by Gasteiger charge is -2.21. The molecule has 0 saturated carbocycles. The quantitative estimate of drug-likeness (QED) is 0.853. The van der Waals surface area contributed by atoms with Crippen molar-refractivity contribution in [2.45, 2.75) is 18.7 Å². The fraction of sp³-hybridized carbons (Fsp3) is 0.200. The summed E-state index contributed by atoms with van der Waals surface area (Å²) in [6, 6.07) is 9.43. The number of phenolic OH excluding ortho intramolecular Hbond substituents is 1. The van der Waals surface area contributed by atoms with Crippen molar-refractivity contribution in [2.75, 3.05) is 17.1 Å². The van der Waals surface area contributed by atoms with Gasteiger partial charge in [0.05, 0.1) is 10.6 Å². The molecule has 2 rings (SSSR count). The van der Waals surface area contributed by atoms with Gasteiger partial charge in [0.15, 0.2) is 0 Å². The molecule has 0 unspecified atom stereocenters. The molecule has 0 heterocycles. The second-order valence-electron chi connectivity index (χ2n) is 4.97. The first kappa shape index (κ1) is 15.2. The molecular formula is C15H18N2O3S. The number of benzene rings is 2. The summed E-state index contributed by atoms with van der Waals surface area (Å²) in [7, 11) is -2.30. The van der Waals surface area contributed by atoms with Crippen LogP contribution in [0, 0.1) is 13.8 Å². The van der Waals surface area contributed by atoms with Crippen LogP contribution in [0.1, 0.15) is 11.1 Å². The summed E-state index contributed by atoms with van der Waals surface area (Å²) in [5.41, 5.74) is 7.98. The Morgan fingerprint density at radius 1 is 1.14 bits per heavy atom. The smallest absolute Gasteiger partial charge is 0.264 e. The Morgan fingerprint density at radius 2 is 1.81 bits per heavy atom. The van der Waals surface area contributed by atoms with Gasteiger partial charge in [-0.3, -0.25) is 4.31 Å². The molecule has 0 radical (unpaired) electrons. The number of nitrogens with zero attached hydrogens (tertiary/aromatic N) is 1. The van der Waals surface area contributed by atoms with Crippen LogP contribution in [0.4, 0.5) is 11.4 Å². The van der Waals surface area contributed by atoms with Gasteiger partial charge in [0.1, 0.15) is 5.75 Å². The molecule has 0 atom stereocenters. The minimum atomic E-state index is -3.74. The fourth-order valence-corrected chi connectivity index (χ4v) is 3.62. The van der Waals surface area contributed by atoms with Gasteiger partial charge < -0.3 is 10.8 Å². The molecule has 0 aliphatic rings. The summed E-state index contributed by atoms with van der Waals surface area (Å²) in [6.07, 6.45) is 0. The Balaban J connectivity index is 2.57. The maximum Gasteiger partial charge on any atom is 0.264 e. The molecule has 0 aliphatic carbocycles. The number of aromatic hydroxyl groups is 1. The number of nitrogens with two attached hydrogens (primary N) is 1. The molecule has 3 N–H and O–H groups in total. The van der Waals surface area contributed by atoms with Crippen molar-refractivity contribution in [3.63, 3.8) is 0 Å². The van der Waals surface area contributed by atoms with E-state index in [4.69, 9.17) is 5.73 Å². The molecule has 0 amide bonds. The van der Waals surface area contributed by atoms with Gasteiger partial charge in [0, 0.05) is 18.8 Å². The third kappa shape index (κ3) is 2.80. The largest absolute Gasteiger partial charge is 0.508 e. The Morgan fingerprint density at radius 3 is 2.43 bits per heavy atom. The monoisotopic (exact) mass is 306 g/mol. The summed E-state index contributed by atoms with van der Waals surface area (Å²) in [5, 5.41) is 9.50. The van der Waals surface area contributed by atoms with E-state index < -0.39 is 10.0 Å². The molecule has 5 nitrogen and oxygen atoms in total. The molecule has 0 aromatic heterocycles. The van der Waals surface area contributed by atoms with Crippen LogP contribution in [0.5, 0.6) is 5.75 Å². The molecule has 0 spiro atoms. The number of anilines is 2. The second-order valence-corrected chi connectivity index (χ2v) is 6.91. The van der Waals surface area contributed by atoms with E-state index in [0.717, 1.165) is 9.87 Å². The molecular weight excluding hydrogens is 288 g/mol. The van der Waals surface area contributed by atoms with Crippen LogP contribution in [0.25, 0.3) is 0 Å². The number of aryl methyl sites for hydroxylation is 1. The Labute approximate surface area is 124 Å². The van der Waals surface area contributed by atoms with E-state index >= 15 is 0 Å². The van der Waals surface area contributed by atoms with Gasteiger partial charge in [-0.05, 0) is 49.2 Å². The standard InChI is InChI=1S/C15H18N2O3S/c1-10-7-14(16)11(2)15(8-10)21(19,20)17(3)12-5-4-6-13(18)9-12/h4-9,18H,16H2,1-3H3. The Kier molecular flexibility index (Phi) is 3.82. The van der Waals surface area contributed by atoms with Crippen molar-refractivity contribution in [1.82, 2.24) is 0 Å². The first-order chi connectivity index (χ1) is 9.73. The first-order valence-corrected chi connectivity index (χ1v) is 7.82. The van der Waals surface area contributed by atoms with Gasteiger partial charge in [0.25, 0.3) is 10.0 Å². The van der Waals surface area contributed by atoms with Gasteiger partial charge in [-0.15, -0.1) is 0 Å². The zero-order chi connectivity index (χ0) is 15.8. The first-order valence-electron chi connectivity index (χ1n) is 6.38. The number of rotatable bonds is 3. The zero-order valence-electron chi connectivity index (χ0n) is 12.2. The number of hydrogen-bond acceptors (Lipinski definition) is 4. The molecule has 0 aliphatic heterocycles. The van der Waals surface area contributed by atoms with Crippen molar-refractivity contribution in [2.24, 2.45) is 0 Å². The summed E-state index contributed by atoms with van der Waals surface area (Å²) in [6.45, 7) is 3.47. The van der Waals surface area contributed by atoms with Crippen LogP contribution in [-0.4, -0.2) is 20.6 Å². The Hall–Kier alpha value is -2.21. The third-order valence-electron chi connectivity index (χ3n) is 3.38. The van der Waals surface area contributed by atoms with Crippen molar-refractivity contribution < 1.29 is 13.5 Å². The summed E-state index contributed by atoms with van der Waals surface area (Å²) in [5.74, 6) is 0.00929. The third-order valence-corrected chi connectivity index (χ3v) is 5.29. The lowest BCUT2D eigenvalue weighted by Crippen LogP contribution is -2.27. The maximum atomic E-state index is 12.8. The van der Waals surface area contributed by atoms with E-state index in [1.807, 2.05) is 0 Å². The molecule has 112 valence electrons. The van der Waals surface area contributed by atoms with Crippen LogP contribution in [0.2, 0.25) is 0 Å². The average molecular weight is 306 g/mol.